The van der Waals surface area contributed by atoms with Crippen molar-refractivity contribution in [1.82, 2.24) is 0 Å². The number of benzene rings is 1. The van der Waals surface area contributed by atoms with Crippen molar-refractivity contribution in [2.24, 2.45) is 0 Å². The highest BCUT2D eigenvalue weighted by atomic mass is 79.9. The lowest BCUT2D eigenvalue weighted by atomic mass is 9.80. The van der Waals surface area contributed by atoms with E-state index in [0.29, 0.717) is 14.9 Å². The SMILES string of the molecule is CC(Br)CC(C)(C)c1ccc(Br)c(Cl)c1F. The van der Waals surface area contributed by atoms with Crippen LogP contribution in [0.15, 0.2) is 16.6 Å². The second kappa shape index (κ2) is 5.36. The van der Waals surface area contributed by atoms with E-state index in [4.69, 9.17) is 11.6 Å². The van der Waals surface area contributed by atoms with E-state index in [-0.39, 0.29) is 16.3 Å². The maximum atomic E-state index is 14.0. The van der Waals surface area contributed by atoms with Crippen LogP contribution in [0.4, 0.5) is 4.39 Å². The van der Waals surface area contributed by atoms with Crippen molar-refractivity contribution in [3.05, 3.63) is 33.0 Å². The third-order valence-corrected chi connectivity index (χ3v) is 4.14. The predicted octanol–water partition coefficient (Wildman–Crippen LogP) is 5.69. The molecule has 1 rings (SSSR count). The van der Waals surface area contributed by atoms with Gasteiger partial charge in [-0.05, 0) is 39.4 Å². The van der Waals surface area contributed by atoms with Gasteiger partial charge < -0.3 is 0 Å². The minimum absolute atomic E-state index is 0.160. The Morgan fingerprint density at radius 2 is 2.00 bits per heavy atom. The van der Waals surface area contributed by atoms with E-state index in [1.54, 1.807) is 12.1 Å². The van der Waals surface area contributed by atoms with Crippen LogP contribution in [0, 0.1) is 5.82 Å². The molecule has 1 unspecified atom stereocenters. The summed E-state index contributed by atoms with van der Waals surface area (Å²) in [6, 6.07) is 3.59. The smallest absolute Gasteiger partial charge is 0.146 e. The lowest BCUT2D eigenvalue weighted by molar-refractivity contribution is 0.452. The summed E-state index contributed by atoms with van der Waals surface area (Å²) < 4.78 is 14.6. The molecule has 0 saturated heterocycles. The van der Waals surface area contributed by atoms with Gasteiger partial charge in [-0.25, -0.2) is 4.39 Å². The van der Waals surface area contributed by atoms with Gasteiger partial charge in [0.05, 0.1) is 5.02 Å². The highest BCUT2D eigenvalue weighted by molar-refractivity contribution is 9.10. The molecule has 1 aromatic carbocycles. The Balaban J connectivity index is 3.18. The van der Waals surface area contributed by atoms with Gasteiger partial charge in [-0.1, -0.05) is 54.4 Å². The fourth-order valence-corrected chi connectivity index (χ4v) is 3.14. The van der Waals surface area contributed by atoms with Crippen LogP contribution < -0.4 is 0 Å². The maximum Gasteiger partial charge on any atom is 0.146 e. The van der Waals surface area contributed by atoms with E-state index < -0.39 is 0 Å². The summed E-state index contributed by atoms with van der Waals surface area (Å²) in [5, 5.41) is 0.160. The molecule has 0 bridgehead atoms. The minimum Gasteiger partial charge on any atom is -0.205 e. The van der Waals surface area contributed by atoms with Gasteiger partial charge in [-0.15, -0.1) is 0 Å². The standard InChI is InChI=1S/C12H14Br2ClF/c1-7(13)6-12(2,3)8-4-5-9(14)10(15)11(8)16/h4-5,7H,6H2,1-3H3. The molecule has 4 heteroatoms. The number of rotatable bonds is 3. The first kappa shape index (κ1) is 14.5. The fourth-order valence-electron chi connectivity index (χ4n) is 1.86. The molecule has 0 aliphatic rings. The van der Waals surface area contributed by atoms with Crippen LogP contribution in [-0.4, -0.2) is 4.83 Å². The molecule has 0 saturated carbocycles. The average Bonchev–Trinajstić information content (AvgIpc) is 2.11. The molecule has 0 radical (unpaired) electrons. The molecule has 16 heavy (non-hydrogen) atoms. The first-order valence-electron chi connectivity index (χ1n) is 5.04. The van der Waals surface area contributed by atoms with Crippen LogP contribution >= 0.6 is 43.5 Å². The molecule has 0 nitrogen and oxygen atoms in total. The molecular formula is C12H14Br2ClF. The van der Waals surface area contributed by atoms with Gasteiger partial charge in [-0.3, -0.25) is 0 Å². The molecule has 0 fully saturated rings. The summed E-state index contributed by atoms with van der Waals surface area (Å²) in [4.78, 5) is 0.337. The van der Waals surface area contributed by atoms with Crippen molar-refractivity contribution in [1.29, 1.82) is 0 Å². The summed E-state index contributed by atoms with van der Waals surface area (Å²) >= 11 is 12.6. The van der Waals surface area contributed by atoms with E-state index in [1.165, 1.54) is 0 Å². The zero-order valence-corrected chi connectivity index (χ0v) is 13.4. The minimum atomic E-state index is -0.325. The Bertz CT molecular complexity index is 389. The van der Waals surface area contributed by atoms with Crippen molar-refractivity contribution in [3.63, 3.8) is 0 Å². The first-order valence-corrected chi connectivity index (χ1v) is 7.12. The van der Waals surface area contributed by atoms with Crippen LogP contribution in [0.1, 0.15) is 32.8 Å². The highest BCUT2D eigenvalue weighted by Crippen LogP contribution is 2.37. The van der Waals surface area contributed by atoms with Crippen molar-refractivity contribution in [3.8, 4) is 0 Å². The van der Waals surface area contributed by atoms with E-state index in [2.05, 4.69) is 38.8 Å². The first-order chi connectivity index (χ1) is 7.25. The van der Waals surface area contributed by atoms with Gasteiger partial charge in [0.15, 0.2) is 0 Å². The molecule has 0 aliphatic heterocycles. The molecule has 90 valence electrons. The van der Waals surface area contributed by atoms with Gasteiger partial charge >= 0.3 is 0 Å². The maximum absolute atomic E-state index is 14.0. The van der Waals surface area contributed by atoms with Gasteiger partial charge in [-0.2, -0.15) is 0 Å². The van der Waals surface area contributed by atoms with E-state index in [0.717, 1.165) is 6.42 Å². The average molecular weight is 373 g/mol. The van der Waals surface area contributed by atoms with Crippen LogP contribution in [-0.2, 0) is 5.41 Å². The second-order valence-electron chi connectivity index (χ2n) is 4.59. The molecule has 0 aromatic heterocycles. The summed E-state index contributed by atoms with van der Waals surface area (Å²) in [7, 11) is 0. The number of alkyl halides is 1. The van der Waals surface area contributed by atoms with E-state index in [1.807, 2.05) is 13.8 Å². The summed E-state index contributed by atoms with van der Waals surface area (Å²) in [5.74, 6) is -0.325. The lowest BCUT2D eigenvalue weighted by Crippen LogP contribution is -2.22. The lowest BCUT2D eigenvalue weighted by Gasteiger charge is -2.27. The topological polar surface area (TPSA) is 0 Å². The van der Waals surface area contributed by atoms with Gasteiger partial charge in [0, 0.05) is 9.30 Å². The number of hydrogen-bond acceptors (Lipinski definition) is 0. The van der Waals surface area contributed by atoms with Crippen LogP contribution in [0.5, 0.6) is 0 Å². The quantitative estimate of drug-likeness (QED) is 0.472. The van der Waals surface area contributed by atoms with Crippen LogP contribution in [0.2, 0.25) is 5.02 Å². The zero-order valence-electron chi connectivity index (χ0n) is 9.45. The summed E-state index contributed by atoms with van der Waals surface area (Å²) in [5.41, 5.74) is 0.421. The van der Waals surface area contributed by atoms with Crippen molar-refractivity contribution in [2.45, 2.75) is 37.4 Å². The van der Waals surface area contributed by atoms with E-state index >= 15 is 0 Å². The predicted molar refractivity (Wildman–Crippen MR) is 75.1 cm³/mol. The van der Waals surface area contributed by atoms with Crippen LogP contribution in [0.25, 0.3) is 0 Å². The Kier molecular flexibility index (Phi) is 4.85. The Labute approximate surface area is 118 Å². The van der Waals surface area contributed by atoms with Crippen LogP contribution in [0.3, 0.4) is 0 Å². The normalized spacial score (nSPS) is 13.9. The molecule has 0 spiro atoms. The summed E-state index contributed by atoms with van der Waals surface area (Å²) in [6.45, 7) is 6.10. The van der Waals surface area contributed by atoms with Crippen molar-refractivity contribution < 1.29 is 4.39 Å². The Hall–Kier alpha value is 0.400. The third kappa shape index (κ3) is 3.21. The largest absolute Gasteiger partial charge is 0.205 e. The molecule has 0 amide bonds. The molecule has 1 aromatic rings. The number of hydrogen-bond donors (Lipinski definition) is 0. The van der Waals surface area contributed by atoms with Crippen molar-refractivity contribution >= 4 is 43.5 Å². The highest BCUT2D eigenvalue weighted by Gasteiger charge is 2.27. The summed E-state index contributed by atoms with van der Waals surface area (Å²) in [6.07, 6.45) is 0.849. The number of halogens is 4. The van der Waals surface area contributed by atoms with Gasteiger partial charge in [0.25, 0.3) is 0 Å². The second-order valence-corrected chi connectivity index (χ2v) is 7.39. The molecule has 0 N–H and O–H groups in total. The van der Waals surface area contributed by atoms with Gasteiger partial charge in [0.1, 0.15) is 5.82 Å². The monoisotopic (exact) mass is 370 g/mol. The van der Waals surface area contributed by atoms with E-state index in [9.17, 15) is 4.39 Å². The zero-order chi connectivity index (χ0) is 12.5. The molecular weight excluding hydrogens is 358 g/mol. The van der Waals surface area contributed by atoms with Gasteiger partial charge in [0.2, 0.25) is 0 Å². The fraction of sp³-hybridized carbons (Fsp3) is 0.500. The molecule has 0 aliphatic carbocycles. The third-order valence-electron chi connectivity index (χ3n) is 2.56. The Morgan fingerprint density at radius 3 is 2.50 bits per heavy atom. The molecule has 1 atom stereocenters. The van der Waals surface area contributed by atoms with Crippen molar-refractivity contribution in [2.75, 3.05) is 0 Å². The molecule has 0 heterocycles. The Morgan fingerprint density at radius 1 is 1.44 bits per heavy atom.